The summed E-state index contributed by atoms with van der Waals surface area (Å²) < 4.78 is 8.11. The molecule has 5 aromatic rings. The molecule has 188 valence electrons. The smallest absolute Gasteiger partial charge is 0.264 e. The van der Waals surface area contributed by atoms with Crippen LogP contribution in [0.1, 0.15) is 20.9 Å². The summed E-state index contributed by atoms with van der Waals surface area (Å²) in [5, 5.41) is 8.14. The summed E-state index contributed by atoms with van der Waals surface area (Å²) in [5.74, 6) is 1.04. The number of piperazine rings is 1. The Kier molecular flexibility index (Phi) is 6.40. The molecule has 6 rings (SSSR count). The van der Waals surface area contributed by atoms with Crippen molar-refractivity contribution in [2.75, 3.05) is 39.3 Å². The quantitative estimate of drug-likeness (QED) is 0.294. The summed E-state index contributed by atoms with van der Waals surface area (Å²) in [5.41, 5.74) is 3.17. The van der Waals surface area contributed by atoms with E-state index in [4.69, 9.17) is 9.84 Å². The van der Waals surface area contributed by atoms with E-state index in [0.29, 0.717) is 6.61 Å². The van der Waals surface area contributed by atoms with Crippen molar-refractivity contribution >= 4 is 38.2 Å². The predicted octanol–water partition coefficient (Wildman–Crippen LogP) is 5.69. The van der Waals surface area contributed by atoms with Gasteiger partial charge in [0.1, 0.15) is 17.2 Å². The molecule has 3 aromatic carbocycles. The van der Waals surface area contributed by atoms with Crippen molar-refractivity contribution in [2.45, 2.75) is 13.8 Å². The summed E-state index contributed by atoms with van der Waals surface area (Å²) >= 11 is 1.54. The van der Waals surface area contributed by atoms with Gasteiger partial charge in [-0.2, -0.15) is 5.10 Å². The van der Waals surface area contributed by atoms with E-state index >= 15 is 0 Å². The minimum Gasteiger partial charge on any atom is -0.492 e. The monoisotopic (exact) mass is 510 g/mol. The summed E-state index contributed by atoms with van der Waals surface area (Å²) in [7, 11) is 0. The van der Waals surface area contributed by atoms with Crippen LogP contribution < -0.4 is 4.74 Å². The Morgan fingerprint density at radius 3 is 2.51 bits per heavy atom. The fourth-order valence-electron chi connectivity index (χ4n) is 5.05. The molecule has 1 amide bonds. The van der Waals surface area contributed by atoms with Gasteiger partial charge in [-0.15, -0.1) is 11.3 Å². The number of ether oxygens (including phenoxy) is 1. The second-order valence-electron chi connectivity index (χ2n) is 9.57. The molecule has 2 aromatic heterocycles. The molecule has 7 heteroatoms. The number of hydrogen-bond donors (Lipinski definition) is 0. The molecule has 0 radical (unpaired) electrons. The number of thiophene rings is 1. The minimum atomic E-state index is 0.114. The van der Waals surface area contributed by atoms with Gasteiger partial charge in [-0.05, 0) is 43.0 Å². The lowest BCUT2D eigenvalue weighted by molar-refractivity contribution is 0.0625. The first-order chi connectivity index (χ1) is 18.1. The average Bonchev–Trinajstić information content (AvgIpc) is 3.50. The molecule has 0 saturated carbocycles. The Morgan fingerprint density at radius 2 is 1.68 bits per heavy atom. The number of fused-ring (bicyclic) bond motifs is 2. The van der Waals surface area contributed by atoms with Crippen LogP contribution in [0.25, 0.3) is 26.7 Å². The van der Waals surface area contributed by atoms with Gasteiger partial charge in [0.15, 0.2) is 0 Å². The minimum absolute atomic E-state index is 0.114. The molecule has 0 N–H and O–H groups in total. The number of carbonyl (C=O) groups excluding carboxylic acids is 1. The summed E-state index contributed by atoms with van der Waals surface area (Å²) in [6, 6.07) is 24.7. The maximum Gasteiger partial charge on any atom is 0.264 e. The van der Waals surface area contributed by atoms with Crippen LogP contribution >= 0.6 is 11.3 Å². The molecule has 0 spiro atoms. The molecule has 1 saturated heterocycles. The van der Waals surface area contributed by atoms with E-state index in [1.165, 1.54) is 16.7 Å². The number of rotatable bonds is 6. The van der Waals surface area contributed by atoms with E-state index < -0.39 is 0 Å². The normalized spacial score (nSPS) is 14.5. The highest BCUT2D eigenvalue weighted by molar-refractivity contribution is 7.20. The molecule has 0 bridgehead atoms. The Labute approximate surface area is 220 Å². The highest BCUT2D eigenvalue weighted by atomic mass is 32.1. The van der Waals surface area contributed by atoms with Gasteiger partial charge in [-0.3, -0.25) is 9.69 Å². The molecule has 0 atom stereocenters. The summed E-state index contributed by atoms with van der Waals surface area (Å²) in [6.07, 6.45) is 0. The van der Waals surface area contributed by atoms with Crippen LogP contribution in [0.4, 0.5) is 0 Å². The lowest BCUT2D eigenvalue weighted by Crippen LogP contribution is -2.49. The van der Waals surface area contributed by atoms with Crippen molar-refractivity contribution in [1.82, 2.24) is 19.6 Å². The molecular formula is C30H30N4O2S. The number of carbonyl (C=O) groups is 1. The topological polar surface area (TPSA) is 50.6 Å². The van der Waals surface area contributed by atoms with Gasteiger partial charge in [0.2, 0.25) is 0 Å². The third kappa shape index (κ3) is 4.61. The Bertz CT molecular complexity index is 1570. The second-order valence-corrected chi connectivity index (χ2v) is 10.6. The van der Waals surface area contributed by atoms with Crippen molar-refractivity contribution in [3.05, 3.63) is 88.9 Å². The third-order valence-electron chi connectivity index (χ3n) is 7.17. The lowest BCUT2D eigenvalue weighted by atomic mass is 10.1. The number of para-hydroxylation sites is 1. The highest BCUT2D eigenvalue weighted by Crippen LogP contribution is 2.32. The van der Waals surface area contributed by atoms with Crippen LogP contribution in [0, 0.1) is 13.8 Å². The molecule has 0 unspecified atom stereocenters. The van der Waals surface area contributed by atoms with E-state index in [0.717, 1.165) is 75.9 Å². The van der Waals surface area contributed by atoms with E-state index in [-0.39, 0.29) is 5.91 Å². The Morgan fingerprint density at radius 1 is 0.919 bits per heavy atom. The van der Waals surface area contributed by atoms with Crippen molar-refractivity contribution in [3.63, 3.8) is 0 Å². The van der Waals surface area contributed by atoms with E-state index in [9.17, 15) is 4.79 Å². The van der Waals surface area contributed by atoms with Crippen molar-refractivity contribution < 1.29 is 9.53 Å². The van der Waals surface area contributed by atoms with Gasteiger partial charge in [-0.25, -0.2) is 4.68 Å². The largest absolute Gasteiger partial charge is 0.492 e. The van der Waals surface area contributed by atoms with Gasteiger partial charge in [0.05, 0.1) is 16.3 Å². The van der Waals surface area contributed by atoms with Crippen molar-refractivity contribution in [1.29, 1.82) is 0 Å². The first kappa shape index (κ1) is 23.7. The molecular weight excluding hydrogens is 480 g/mol. The van der Waals surface area contributed by atoms with Crippen LogP contribution in [-0.2, 0) is 0 Å². The summed E-state index contributed by atoms with van der Waals surface area (Å²) in [6.45, 7) is 8.74. The first-order valence-corrected chi connectivity index (χ1v) is 13.6. The van der Waals surface area contributed by atoms with Crippen molar-refractivity contribution in [2.24, 2.45) is 0 Å². The van der Waals surface area contributed by atoms with E-state index in [1.807, 2.05) is 59.0 Å². The van der Waals surface area contributed by atoms with Crippen LogP contribution in [0.3, 0.4) is 0 Å². The zero-order chi connectivity index (χ0) is 25.4. The molecule has 6 nitrogen and oxygen atoms in total. The fraction of sp³-hybridized carbons (Fsp3) is 0.267. The van der Waals surface area contributed by atoms with Crippen molar-refractivity contribution in [3.8, 4) is 11.4 Å². The predicted molar refractivity (Wildman–Crippen MR) is 150 cm³/mol. The number of hydrogen-bond acceptors (Lipinski definition) is 5. The average molecular weight is 511 g/mol. The number of nitrogens with zero attached hydrogens (tertiary/aromatic N) is 4. The van der Waals surface area contributed by atoms with Gasteiger partial charge in [-0.1, -0.05) is 54.6 Å². The molecule has 1 aliphatic heterocycles. The maximum atomic E-state index is 13.4. The maximum absolute atomic E-state index is 13.4. The molecule has 37 heavy (non-hydrogen) atoms. The SMILES string of the molecule is Cc1ccccc1-n1nc(C)c2cc(C(=O)N3CCN(CCOc4cccc5ccccc45)CC3)sc21. The molecule has 1 aliphatic rings. The molecule has 0 aliphatic carbocycles. The number of benzene rings is 3. The fourth-order valence-corrected chi connectivity index (χ4v) is 6.20. The zero-order valence-electron chi connectivity index (χ0n) is 21.2. The van der Waals surface area contributed by atoms with Crippen LogP contribution in [0.2, 0.25) is 0 Å². The van der Waals surface area contributed by atoms with E-state index in [1.54, 1.807) is 0 Å². The third-order valence-corrected chi connectivity index (χ3v) is 8.27. The number of aromatic nitrogens is 2. The standard InChI is InChI=1S/C30H30N4O2S/c1-21-8-3-6-12-26(21)34-30-25(22(2)31-34)20-28(37-30)29(35)33-16-14-32(15-17-33)18-19-36-27-13-7-10-23-9-4-5-11-24(23)27/h3-13,20H,14-19H2,1-2H3. The van der Waals surface area contributed by atoms with Crippen LogP contribution in [-0.4, -0.2) is 64.8 Å². The van der Waals surface area contributed by atoms with E-state index in [2.05, 4.69) is 42.2 Å². The number of amides is 1. The van der Waals surface area contributed by atoms with Crippen LogP contribution in [0.5, 0.6) is 5.75 Å². The number of aryl methyl sites for hydroxylation is 2. The Balaban J connectivity index is 1.08. The molecule has 3 heterocycles. The first-order valence-electron chi connectivity index (χ1n) is 12.8. The zero-order valence-corrected chi connectivity index (χ0v) is 22.0. The van der Waals surface area contributed by atoms with Gasteiger partial charge < -0.3 is 9.64 Å². The Hall–Kier alpha value is -3.68. The highest BCUT2D eigenvalue weighted by Gasteiger charge is 2.25. The van der Waals surface area contributed by atoms with Gasteiger partial charge in [0.25, 0.3) is 5.91 Å². The van der Waals surface area contributed by atoms with Gasteiger partial charge >= 0.3 is 0 Å². The lowest BCUT2D eigenvalue weighted by Gasteiger charge is -2.34. The van der Waals surface area contributed by atoms with Crippen LogP contribution in [0.15, 0.2) is 72.8 Å². The molecule has 1 fully saturated rings. The van der Waals surface area contributed by atoms with Gasteiger partial charge in [0, 0.05) is 43.5 Å². The summed E-state index contributed by atoms with van der Waals surface area (Å²) in [4.78, 5) is 19.6. The second kappa shape index (κ2) is 10.00.